The number of aliphatic hydroxyl groups is 1. The lowest BCUT2D eigenvalue weighted by Gasteiger charge is -2.21. The number of hydrogen-bond acceptors (Lipinski definition) is 4. The zero-order valence-corrected chi connectivity index (χ0v) is 8.49. The highest BCUT2D eigenvalue weighted by molar-refractivity contribution is 5.70. The summed E-state index contributed by atoms with van der Waals surface area (Å²) in [5.74, 6) is -0.240. The number of aliphatic hydroxyl groups excluding tert-OH is 1. The van der Waals surface area contributed by atoms with Crippen molar-refractivity contribution in [1.29, 1.82) is 0 Å². The molecular weight excluding hydrogens is 170 g/mol. The Balaban J connectivity index is 3.85. The fraction of sp³-hybridized carbons (Fsp3) is 0.889. The van der Waals surface area contributed by atoms with Gasteiger partial charge in [-0.25, -0.2) is 0 Å². The van der Waals surface area contributed by atoms with Gasteiger partial charge in [-0.3, -0.25) is 4.79 Å². The summed E-state index contributed by atoms with van der Waals surface area (Å²) < 4.78 is 4.69. The summed E-state index contributed by atoms with van der Waals surface area (Å²) in [6.07, 6.45) is -0.827. The molecule has 3 N–H and O–H groups in total. The molecule has 0 aromatic rings. The number of hydrogen-bond donors (Lipinski definition) is 2. The minimum Gasteiger partial charge on any atom is -0.466 e. The first kappa shape index (κ1) is 12.4. The van der Waals surface area contributed by atoms with E-state index in [0.717, 1.165) is 0 Å². The summed E-state index contributed by atoms with van der Waals surface area (Å²) >= 11 is 0. The van der Waals surface area contributed by atoms with Gasteiger partial charge in [0.05, 0.1) is 19.1 Å². The van der Waals surface area contributed by atoms with Crippen molar-refractivity contribution in [2.45, 2.75) is 39.3 Å². The topological polar surface area (TPSA) is 72.5 Å². The maximum absolute atomic E-state index is 10.9. The van der Waals surface area contributed by atoms with Crippen molar-refractivity contribution in [3.05, 3.63) is 0 Å². The third kappa shape index (κ3) is 4.85. The van der Waals surface area contributed by atoms with Crippen LogP contribution in [0, 0.1) is 5.92 Å². The molecule has 4 heteroatoms. The normalized spacial score (nSPS) is 15.5. The maximum Gasteiger partial charge on any atom is 0.308 e. The van der Waals surface area contributed by atoms with Gasteiger partial charge in [0.25, 0.3) is 0 Å². The van der Waals surface area contributed by atoms with Crippen molar-refractivity contribution < 1.29 is 14.6 Å². The number of ether oxygens (including phenoxy) is 1. The van der Waals surface area contributed by atoms with Crippen molar-refractivity contribution in [1.82, 2.24) is 0 Å². The van der Waals surface area contributed by atoms with E-state index in [4.69, 9.17) is 5.73 Å². The monoisotopic (exact) mass is 189 g/mol. The number of esters is 1. The molecule has 0 bridgehead atoms. The summed E-state index contributed by atoms with van der Waals surface area (Å²) in [6, 6.07) is -0.371. The van der Waals surface area contributed by atoms with E-state index in [0.29, 0.717) is 6.61 Å². The molecule has 0 rings (SSSR count). The van der Waals surface area contributed by atoms with E-state index >= 15 is 0 Å². The molecule has 0 fully saturated rings. The van der Waals surface area contributed by atoms with E-state index in [1.54, 1.807) is 6.92 Å². The van der Waals surface area contributed by atoms with Crippen LogP contribution >= 0.6 is 0 Å². The lowest BCUT2D eigenvalue weighted by Crippen LogP contribution is -2.40. The van der Waals surface area contributed by atoms with Crippen molar-refractivity contribution >= 4 is 5.97 Å². The van der Waals surface area contributed by atoms with E-state index in [-0.39, 0.29) is 18.4 Å². The number of carbonyl (C=O) groups is 1. The highest BCUT2D eigenvalue weighted by Crippen LogP contribution is 2.07. The number of rotatable bonds is 5. The van der Waals surface area contributed by atoms with Crippen LogP contribution in [0.25, 0.3) is 0 Å². The molecule has 0 aromatic heterocycles. The van der Waals surface area contributed by atoms with Gasteiger partial charge in [-0.05, 0) is 12.8 Å². The molecule has 2 unspecified atom stereocenters. The van der Waals surface area contributed by atoms with E-state index in [2.05, 4.69) is 4.74 Å². The molecule has 0 amide bonds. The van der Waals surface area contributed by atoms with Gasteiger partial charge in [0.2, 0.25) is 0 Å². The molecule has 0 aliphatic carbocycles. The Labute approximate surface area is 79.1 Å². The van der Waals surface area contributed by atoms with Crippen molar-refractivity contribution in [2.75, 3.05) is 6.61 Å². The van der Waals surface area contributed by atoms with Crippen molar-refractivity contribution in [3.8, 4) is 0 Å². The Kier molecular flexibility index (Phi) is 5.66. The lowest BCUT2D eigenvalue weighted by atomic mass is 9.98. The fourth-order valence-corrected chi connectivity index (χ4v) is 0.971. The number of carbonyl (C=O) groups excluding carboxylic acids is 1. The first-order valence-corrected chi connectivity index (χ1v) is 4.58. The molecule has 0 radical (unpaired) electrons. The second-order valence-electron chi connectivity index (χ2n) is 3.40. The zero-order valence-electron chi connectivity index (χ0n) is 8.49. The van der Waals surface area contributed by atoms with E-state index in [1.165, 1.54) is 0 Å². The second kappa shape index (κ2) is 5.94. The molecule has 0 spiro atoms. The van der Waals surface area contributed by atoms with Gasteiger partial charge in [0.1, 0.15) is 0 Å². The number of nitrogens with two attached hydrogens (primary N) is 1. The van der Waals surface area contributed by atoms with Gasteiger partial charge in [-0.2, -0.15) is 0 Å². The molecule has 0 aliphatic heterocycles. The van der Waals surface area contributed by atoms with Crippen molar-refractivity contribution in [3.63, 3.8) is 0 Å². The lowest BCUT2D eigenvalue weighted by molar-refractivity contribution is -0.145. The first-order valence-electron chi connectivity index (χ1n) is 4.58. The van der Waals surface area contributed by atoms with Gasteiger partial charge in [-0.15, -0.1) is 0 Å². The maximum atomic E-state index is 10.9. The van der Waals surface area contributed by atoms with Crippen LogP contribution in [0.4, 0.5) is 0 Å². The quantitative estimate of drug-likeness (QED) is 0.609. The van der Waals surface area contributed by atoms with Gasteiger partial charge in [0.15, 0.2) is 0 Å². The Hall–Kier alpha value is -0.610. The summed E-state index contributed by atoms with van der Waals surface area (Å²) in [5.41, 5.74) is 5.65. The highest BCUT2D eigenvalue weighted by Gasteiger charge is 2.21. The van der Waals surface area contributed by atoms with E-state index in [9.17, 15) is 9.90 Å². The molecule has 2 atom stereocenters. The van der Waals surface area contributed by atoms with Crippen LogP contribution in [0.15, 0.2) is 0 Å². The molecule has 0 aliphatic rings. The van der Waals surface area contributed by atoms with Gasteiger partial charge in [0, 0.05) is 6.04 Å². The van der Waals surface area contributed by atoms with Gasteiger partial charge in [-0.1, -0.05) is 13.8 Å². The molecule has 0 saturated carbocycles. The largest absolute Gasteiger partial charge is 0.466 e. The van der Waals surface area contributed by atoms with Gasteiger partial charge >= 0.3 is 5.97 Å². The highest BCUT2D eigenvalue weighted by atomic mass is 16.5. The van der Waals surface area contributed by atoms with Crippen LogP contribution < -0.4 is 5.73 Å². The minimum atomic E-state index is -0.806. The molecule has 0 heterocycles. The predicted octanol–water partition coefficient (Wildman–Crippen LogP) is 0.284. The zero-order chi connectivity index (χ0) is 10.4. The summed E-state index contributed by atoms with van der Waals surface area (Å²) in [6.45, 7) is 5.87. The van der Waals surface area contributed by atoms with Crippen LogP contribution in [0.1, 0.15) is 27.2 Å². The molecular formula is C9H19NO3. The average Bonchev–Trinajstić information content (AvgIpc) is 2.03. The van der Waals surface area contributed by atoms with Crippen LogP contribution in [-0.2, 0) is 9.53 Å². The van der Waals surface area contributed by atoms with Crippen LogP contribution in [0.3, 0.4) is 0 Å². The molecule has 0 aromatic carbocycles. The predicted molar refractivity (Wildman–Crippen MR) is 50.1 cm³/mol. The summed E-state index contributed by atoms with van der Waals surface area (Å²) in [5, 5.41) is 9.46. The Morgan fingerprint density at radius 3 is 2.46 bits per heavy atom. The molecule has 0 saturated heterocycles. The Morgan fingerprint density at radius 2 is 2.08 bits per heavy atom. The second-order valence-corrected chi connectivity index (χ2v) is 3.40. The minimum absolute atomic E-state index is 0.0206. The van der Waals surface area contributed by atoms with Crippen LogP contribution in [0.5, 0.6) is 0 Å². The van der Waals surface area contributed by atoms with Crippen molar-refractivity contribution in [2.24, 2.45) is 11.7 Å². The summed E-state index contributed by atoms with van der Waals surface area (Å²) in [7, 11) is 0. The Morgan fingerprint density at radius 1 is 1.54 bits per heavy atom. The van der Waals surface area contributed by atoms with Gasteiger partial charge < -0.3 is 15.6 Å². The molecule has 4 nitrogen and oxygen atoms in total. The smallest absolute Gasteiger partial charge is 0.308 e. The van der Waals surface area contributed by atoms with Crippen LogP contribution in [-0.4, -0.2) is 29.8 Å². The SMILES string of the molecule is CCOC(=O)CC(O)C(N)C(C)C. The Bertz CT molecular complexity index is 159. The molecule has 13 heavy (non-hydrogen) atoms. The average molecular weight is 189 g/mol. The third-order valence-corrected chi connectivity index (χ3v) is 1.90. The van der Waals surface area contributed by atoms with Crippen LogP contribution in [0.2, 0.25) is 0 Å². The third-order valence-electron chi connectivity index (χ3n) is 1.90. The fourth-order valence-electron chi connectivity index (χ4n) is 0.971. The van der Waals surface area contributed by atoms with E-state index < -0.39 is 12.1 Å². The standard InChI is InChI=1S/C9H19NO3/c1-4-13-8(12)5-7(11)9(10)6(2)3/h6-7,9,11H,4-5,10H2,1-3H3. The molecule has 78 valence electrons. The van der Waals surface area contributed by atoms with E-state index in [1.807, 2.05) is 13.8 Å². The summed E-state index contributed by atoms with van der Waals surface area (Å²) in [4.78, 5) is 10.9. The first-order chi connectivity index (χ1) is 5.99.